The average molecular weight is 695 g/mol. The Morgan fingerprint density at radius 3 is 2.44 bits per heavy atom. The Bertz CT molecular complexity index is 1850. The van der Waals surface area contributed by atoms with Crippen LogP contribution in [-0.2, 0) is 16.1 Å². The number of amides is 3. The summed E-state index contributed by atoms with van der Waals surface area (Å²) in [4.78, 5) is 44.5. The molecule has 4 aromatic rings. The Morgan fingerprint density at radius 1 is 1.11 bits per heavy atom. The third-order valence-electron chi connectivity index (χ3n) is 8.27. The van der Waals surface area contributed by atoms with E-state index in [1.165, 1.54) is 61.2 Å². The van der Waals surface area contributed by atoms with E-state index in [0.29, 0.717) is 17.0 Å². The number of methoxy groups -OCH3 is 1. The number of anilines is 2. The molecule has 3 amide bonds. The minimum absolute atomic E-state index is 0. The van der Waals surface area contributed by atoms with Crippen LogP contribution < -0.4 is 25.6 Å². The van der Waals surface area contributed by atoms with Crippen molar-refractivity contribution in [1.82, 2.24) is 5.32 Å². The van der Waals surface area contributed by atoms with Gasteiger partial charge in [0.15, 0.2) is 0 Å². The van der Waals surface area contributed by atoms with Crippen molar-refractivity contribution in [3.05, 3.63) is 99.8 Å². The highest BCUT2D eigenvalue weighted by Crippen LogP contribution is 2.41. The molecule has 1 unspecified atom stereocenters. The maximum Gasteiger partial charge on any atom is 0.258 e. The molecular formula is C33H30BrClFN5O4. The van der Waals surface area contributed by atoms with Crippen molar-refractivity contribution in [2.24, 2.45) is 11.7 Å². The van der Waals surface area contributed by atoms with Gasteiger partial charge >= 0.3 is 0 Å². The number of nitrogens with zero attached hydrogens (tertiary/aromatic N) is 3. The van der Waals surface area contributed by atoms with Gasteiger partial charge in [0.25, 0.3) is 5.91 Å². The van der Waals surface area contributed by atoms with E-state index in [2.05, 4.69) is 27.3 Å². The largest absolute Gasteiger partial charge is 0.496 e. The van der Waals surface area contributed by atoms with E-state index in [1.807, 2.05) is 30.3 Å². The molecule has 3 N–H and O–H groups in total. The molecule has 0 saturated carbocycles. The number of primary amides is 1. The number of hydrogen-bond acceptors (Lipinski definition) is 6. The molecule has 4 aromatic carbocycles. The van der Waals surface area contributed by atoms with Crippen LogP contribution in [0.25, 0.3) is 10.8 Å². The fourth-order valence-electron chi connectivity index (χ4n) is 5.56. The lowest BCUT2D eigenvalue weighted by atomic mass is 9.83. The van der Waals surface area contributed by atoms with Gasteiger partial charge in [0.05, 0.1) is 42.6 Å². The number of nitrogens with two attached hydrogens (primary N) is 1. The zero-order valence-corrected chi connectivity index (χ0v) is 27.0. The number of rotatable bonds is 7. The van der Waals surface area contributed by atoms with Gasteiger partial charge in [0, 0.05) is 22.1 Å². The number of halogens is 3. The van der Waals surface area contributed by atoms with Gasteiger partial charge in [0.2, 0.25) is 11.8 Å². The van der Waals surface area contributed by atoms with Gasteiger partial charge in [0.1, 0.15) is 17.1 Å². The predicted molar refractivity (Wildman–Crippen MR) is 176 cm³/mol. The molecule has 1 aliphatic rings. The number of carbonyl (C=O) groups is 3. The van der Waals surface area contributed by atoms with Crippen molar-refractivity contribution >= 4 is 68.2 Å². The highest BCUT2D eigenvalue weighted by molar-refractivity contribution is 9.10. The third-order valence-corrected chi connectivity index (χ3v) is 8.76. The summed E-state index contributed by atoms with van der Waals surface area (Å²) in [5.41, 5.74) is 6.02. The normalized spacial score (nSPS) is 15.7. The topological polar surface area (TPSA) is 129 Å². The summed E-state index contributed by atoms with van der Waals surface area (Å²) in [5, 5.41) is 14.4. The number of benzene rings is 4. The van der Waals surface area contributed by atoms with E-state index >= 15 is 0 Å². The fourth-order valence-corrected chi connectivity index (χ4v) is 5.94. The first kappa shape index (κ1) is 33.4. The maximum atomic E-state index is 14.7. The smallest absolute Gasteiger partial charge is 0.258 e. The van der Waals surface area contributed by atoms with Crippen molar-refractivity contribution in [3.63, 3.8) is 0 Å². The van der Waals surface area contributed by atoms with Gasteiger partial charge in [-0.2, -0.15) is 5.26 Å². The maximum absolute atomic E-state index is 14.7. The Kier molecular flexibility index (Phi) is 9.83. The minimum Gasteiger partial charge on any atom is -0.496 e. The number of carbonyl (C=O) groups excluding carboxylic acids is 3. The van der Waals surface area contributed by atoms with Crippen molar-refractivity contribution in [1.29, 1.82) is 5.26 Å². The molecule has 232 valence electrons. The van der Waals surface area contributed by atoms with Gasteiger partial charge in [-0.05, 0) is 85.4 Å². The van der Waals surface area contributed by atoms with Gasteiger partial charge in [-0.25, -0.2) is 4.39 Å². The van der Waals surface area contributed by atoms with Gasteiger partial charge in [-0.15, -0.1) is 12.4 Å². The highest BCUT2D eigenvalue weighted by atomic mass is 79.9. The lowest BCUT2D eigenvalue weighted by molar-refractivity contribution is -0.133. The molecular weight excluding hydrogens is 665 g/mol. The van der Waals surface area contributed by atoms with E-state index in [-0.39, 0.29) is 42.3 Å². The Hall–Kier alpha value is -4.50. The third kappa shape index (κ3) is 6.09. The number of ether oxygens (including phenoxy) is 1. The summed E-state index contributed by atoms with van der Waals surface area (Å²) in [5.74, 6) is -2.95. The van der Waals surface area contributed by atoms with Crippen molar-refractivity contribution in [3.8, 4) is 11.8 Å². The van der Waals surface area contributed by atoms with Crippen LogP contribution in [0.3, 0.4) is 0 Å². The lowest BCUT2D eigenvalue weighted by Crippen LogP contribution is -2.63. The molecule has 0 spiro atoms. The SMILES string of the molecule is CNC(C)(C(N)=O)[C@@H]1CN(C(=O)c2ccc(F)cc2)c2cc(C#N)ccc2N(Cc2c(OC)ccc3cc(Br)ccc23)C1=O.Cl. The van der Waals surface area contributed by atoms with Crippen molar-refractivity contribution in [2.45, 2.75) is 19.0 Å². The monoisotopic (exact) mass is 693 g/mol. The molecule has 0 aromatic heterocycles. The molecule has 1 aliphatic heterocycles. The van der Waals surface area contributed by atoms with Crippen LogP contribution in [0.2, 0.25) is 0 Å². The Balaban J connectivity index is 0.00000461. The zero-order valence-electron chi connectivity index (χ0n) is 24.6. The average Bonchev–Trinajstić information content (AvgIpc) is 3.14. The number of nitriles is 1. The molecule has 0 aliphatic carbocycles. The predicted octanol–water partition coefficient (Wildman–Crippen LogP) is 5.32. The summed E-state index contributed by atoms with van der Waals surface area (Å²) in [7, 11) is 3.06. The van der Waals surface area contributed by atoms with E-state index in [0.717, 1.165) is 15.2 Å². The van der Waals surface area contributed by atoms with Crippen LogP contribution in [0.4, 0.5) is 15.8 Å². The first-order valence-electron chi connectivity index (χ1n) is 13.7. The molecule has 12 heteroatoms. The van der Waals surface area contributed by atoms with Crippen LogP contribution in [-0.4, -0.2) is 44.0 Å². The first-order valence-corrected chi connectivity index (χ1v) is 14.5. The van der Waals surface area contributed by atoms with Crippen molar-refractivity contribution in [2.75, 3.05) is 30.5 Å². The number of nitrogens with one attached hydrogen (secondary N) is 1. The molecule has 0 fully saturated rings. The summed E-state index contributed by atoms with van der Waals surface area (Å²) < 4.78 is 20.4. The standard InChI is InChI=1S/C33H29BrFN5O4.ClH/c1-33(38-2,32(37)43)26-18-40(30(41)20-5-9-23(35)10-6-20)28-14-19(16-36)4-12-27(28)39(31(26)42)17-25-24-11-8-22(34)15-21(24)7-13-29(25)44-3;/h4-15,26,38H,17-18H2,1-3H3,(H2,37,43);1H/t26-,33?;/m1./s1. The number of likely N-dealkylation sites (N-methyl/N-ethyl adjacent to an activating group) is 1. The summed E-state index contributed by atoms with van der Waals surface area (Å²) in [6.45, 7) is 1.27. The summed E-state index contributed by atoms with van der Waals surface area (Å²) in [6, 6.07) is 21.3. The van der Waals surface area contributed by atoms with E-state index < -0.39 is 35.0 Å². The second kappa shape index (κ2) is 13.2. The van der Waals surface area contributed by atoms with E-state index in [4.69, 9.17) is 10.5 Å². The van der Waals surface area contributed by atoms with Crippen LogP contribution in [0.15, 0.2) is 77.3 Å². The fraction of sp³-hybridized carbons (Fsp3) is 0.212. The molecule has 0 bridgehead atoms. The Labute approximate surface area is 274 Å². The molecule has 5 rings (SSSR count). The summed E-state index contributed by atoms with van der Waals surface area (Å²) >= 11 is 3.51. The van der Waals surface area contributed by atoms with E-state index in [9.17, 15) is 24.0 Å². The first-order chi connectivity index (χ1) is 21.0. The quantitative estimate of drug-likeness (QED) is 0.270. The van der Waals surface area contributed by atoms with Crippen LogP contribution in [0.1, 0.15) is 28.4 Å². The molecule has 1 heterocycles. The highest BCUT2D eigenvalue weighted by Gasteiger charge is 2.49. The van der Waals surface area contributed by atoms with Crippen molar-refractivity contribution < 1.29 is 23.5 Å². The molecule has 2 atom stereocenters. The molecule has 45 heavy (non-hydrogen) atoms. The van der Waals surface area contributed by atoms with Gasteiger partial charge in [-0.3, -0.25) is 14.4 Å². The number of hydrogen-bond donors (Lipinski definition) is 2. The summed E-state index contributed by atoms with van der Waals surface area (Å²) in [6.07, 6.45) is 0. The van der Waals surface area contributed by atoms with E-state index in [1.54, 1.807) is 12.1 Å². The van der Waals surface area contributed by atoms with Gasteiger partial charge < -0.3 is 25.6 Å². The molecule has 0 saturated heterocycles. The Morgan fingerprint density at radius 2 is 1.82 bits per heavy atom. The van der Waals surface area contributed by atoms with Crippen LogP contribution >= 0.6 is 28.3 Å². The second-order valence-corrected chi connectivity index (χ2v) is 11.6. The zero-order chi connectivity index (χ0) is 31.8. The lowest BCUT2D eigenvalue weighted by Gasteiger charge is -2.36. The van der Waals surface area contributed by atoms with Crippen LogP contribution in [0.5, 0.6) is 5.75 Å². The van der Waals surface area contributed by atoms with Crippen LogP contribution in [0, 0.1) is 23.1 Å². The number of fused-ring (bicyclic) bond motifs is 2. The molecule has 0 radical (unpaired) electrons. The minimum atomic E-state index is -1.58. The van der Waals surface area contributed by atoms with Gasteiger partial charge in [-0.1, -0.05) is 28.1 Å². The molecule has 9 nitrogen and oxygen atoms in total. The second-order valence-electron chi connectivity index (χ2n) is 10.6.